The molecule has 1 aromatic heterocycles. The number of aromatic nitrogens is 1. The molecule has 1 saturated heterocycles. The van der Waals surface area contributed by atoms with E-state index in [9.17, 15) is 4.79 Å². The summed E-state index contributed by atoms with van der Waals surface area (Å²) in [6.07, 6.45) is 2.78. The summed E-state index contributed by atoms with van der Waals surface area (Å²) in [6.45, 7) is 6.82. The molecule has 5 nitrogen and oxygen atoms in total. The number of carbonyl (C=O) groups is 1. The Hall–Kier alpha value is -1.62. The summed E-state index contributed by atoms with van der Waals surface area (Å²) in [7, 11) is 1.83. The Bertz CT molecular complexity index is 519. The van der Waals surface area contributed by atoms with E-state index in [4.69, 9.17) is 0 Å². The Balaban J connectivity index is 1.61. The van der Waals surface area contributed by atoms with Crippen LogP contribution in [-0.2, 0) is 0 Å². The number of pyridine rings is 1. The van der Waals surface area contributed by atoms with Crippen molar-refractivity contribution < 1.29 is 4.79 Å². The molecule has 3 rings (SSSR count). The summed E-state index contributed by atoms with van der Waals surface area (Å²) in [5.74, 6) is 1.81. The van der Waals surface area contributed by atoms with Gasteiger partial charge < -0.3 is 10.2 Å². The minimum Gasteiger partial charge on any atom is -0.373 e. The molecule has 0 radical (unpaired) electrons. The van der Waals surface area contributed by atoms with Gasteiger partial charge in [-0.3, -0.25) is 9.69 Å². The summed E-state index contributed by atoms with van der Waals surface area (Å²) in [5, 5.41) is 3.01. The third kappa shape index (κ3) is 3.53. The van der Waals surface area contributed by atoms with E-state index in [1.807, 2.05) is 31.0 Å². The van der Waals surface area contributed by atoms with Crippen LogP contribution < -0.4 is 5.32 Å². The second kappa shape index (κ2) is 6.02. The normalized spacial score (nSPS) is 19.6. The van der Waals surface area contributed by atoms with Crippen molar-refractivity contribution in [2.45, 2.75) is 19.8 Å². The van der Waals surface area contributed by atoms with Crippen molar-refractivity contribution in [1.82, 2.24) is 14.8 Å². The van der Waals surface area contributed by atoms with Crippen LogP contribution in [0, 0.1) is 12.8 Å². The molecule has 0 unspecified atom stereocenters. The van der Waals surface area contributed by atoms with Gasteiger partial charge in [0.15, 0.2) is 0 Å². The summed E-state index contributed by atoms with van der Waals surface area (Å²) in [4.78, 5) is 21.4. The van der Waals surface area contributed by atoms with Gasteiger partial charge >= 0.3 is 0 Å². The first kappa shape index (κ1) is 14.3. The lowest BCUT2D eigenvalue weighted by Gasteiger charge is -2.34. The molecule has 21 heavy (non-hydrogen) atoms. The second-order valence-corrected chi connectivity index (χ2v) is 6.17. The number of hydrogen-bond acceptors (Lipinski definition) is 4. The highest BCUT2D eigenvalue weighted by Crippen LogP contribution is 2.30. The highest BCUT2D eigenvalue weighted by atomic mass is 16.2. The van der Waals surface area contributed by atoms with Crippen LogP contribution in [0.5, 0.6) is 0 Å². The van der Waals surface area contributed by atoms with E-state index in [1.165, 1.54) is 19.4 Å². The smallest absolute Gasteiger partial charge is 0.254 e. The Kier molecular flexibility index (Phi) is 4.10. The number of amides is 1. The van der Waals surface area contributed by atoms with Crippen LogP contribution in [0.1, 0.15) is 28.9 Å². The van der Waals surface area contributed by atoms with E-state index < -0.39 is 0 Å². The van der Waals surface area contributed by atoms with Gasteiger partial charge in [-0.2, -0.15) is 0 Å². The lowest BCUT2D eigenvalue weighted by molar-refractivity contribution is 0.0632. The molecule has 0 bridgehead atoms. The second-order valence-electron chi connectivity index (χ2n) is 6.17. The monoisotopic (exact) mass is 288 g/mol. The van der Waals surface area contributed by atoms with Crippen molar-refractivity contribution >= 4 is 11.7 Å². The van der Waals surface area contributed by atoms with Crippen molar-refractivity contribution in [3.05, 3.63) is 23.4 Å². The molecular formula is C16H24N4O. The van der Waals surface area contributed by atoms with E-state index in [1.54, 1.807) is 0 Å². The molecule has 0 spiro atoms. The van der Waals surface area contributed by atoms with Gasteiger partial charge in [0.1, 0.15) is 5.82 Å². The SMILES string of the molecule is CNc1cc(C(=O)N2CCN(CC3CC3)CC2)cc(C)n1. The minimum absolute atomic E-state index is 0.128. The molecule has 0 aromatic carbocycles. The molecule has 1 aliphatic carbocycles. The van der Waals surface area contributed by atoms with Crippen molar-refractivity contribution in [3.63, 3.8) is 0 Å². The molecule has 1 saturated carbocycles. The van der Waals surface area contributed by atoms with Gasteiger partial charge in [-0.25, -0.2) is 4.98 Å². The molecule has 2 fully saturated rings. The molecule has 5 heteroatoms. The molecule has 114 valence electrons. The van der Waals surface area contributed by atoms with Gasteiger partial charge in [0, 0.05) is 51.0 Å². The maximum atomic E-state index is 12.6. The standard InChI is InChI=1S/C16H24N4O/c1-12-9-14(10-15(17-2)18-12)16(21)20-7-5-19(6-8-20)11-13-3-4-13/h9-10,13H,3-8,11H2,1-2H3,(H,17,18). The predicted molar refractivity (Wildman–Crippen MR) is 83.6 cm³/mol. The summed E-state index contributed by atoms with van der Waals surface area (Å²) >= 11 is 0. The van der Waals surface area contributed by atoms with Crippen LogP contribution in [0.3, 0.4) is 0 Å². The first-order valence-corrected chi connectivity index (χ1v) is 7.84. The van der Waals surface area contributed by atoms with Crippen LogP contribution in [-0.4, -0.2) is 60.5 Å². The van der Waals surface area contributed by atoms with Crippen molar-refractivity contribution in [3.8, 4) is 0 Å². The zero-order chi connectivity index (χ0) is 14.8. The van der Waals surface area contributed by atoms with Crippen molar-refractivity contribution in [2.75, 3.05) is 45.1 Å². The van der Waals surface area contributed by atoms with E-state index in [-0.39, 0.29) is 5.91 Å². The van der Waals surface area contributed by atoms with E-state index in [0.29, 0.717) is 0 Å². The Labute approximate surface area is 126 Å². The third-order valence-corrected chi connectivity index (χ3v) is 4.33. The summed E-state index contributed by atoms with van der Waals surface area (Å²) < 4.78 is 0. The number of carbonyl (C=O) groups excluding carboxylic acids is 1. The Morgan fingerprint density at radius 1 is 1.29 bits per heavy atom. The summed E-state index contributed by atoms with van der Waals surface area (Å²) in [5.41, 5.74) is 1.61. The molecule has 1 aliphatic heterocycles. The average molecular weight is 288 g/mol. The van der Waals surface area contributed by atoms with Crippen LogP contribution in [0.2, 0.25) is 0 Å². The quantitative estimate of drug-likeness (QED) is 0.914. The Morgan fingerprint density at radius 2 is 2.00 bits per heavy atom. The lowest BCUT2D eigenvalue weighted by Crippen LogP contribution is -2.49. The first-order chi connectivity index (χ1) is 10.2. The predicted octanol–water partition coefficient (Wildman–Crippen LogP) is 1.60. The minimum atomic E-state index is 0.128. The Morgan fingerprint density at radius 3 is 2.62 bits per heavy atom. The van der Waals surface area contributed by atoms with Gasteiger partial charge in [0.05, 0.1) is 0 Å². The number of anilines is 1. The van der Waals surface area contributed by atoms with Crippen molar-refractivity contribution in [2.24, 2.45) is 5.92 Å². The maximum absolute atomic E-state index is 12.6. The highest BCUT2D eigenvalue weighted by Gasteiger charge is 2.28. The fourth-order valence-electron chi connectivity index (χ4n) is 2.90. The molecule has 1 aromatic rings. The fraction of sp³-hybridized carbons (Fsp3) is 0.625. The van der Waals surface area contributed by atoms with E-state index in [2.05, 4.69) is 15.2 Å². The lowest BCUT2D eigenvalue weighted by atomic mass is 10.1. The molecular weight excluding hydrogens is 264 g/mol. The number of nitrogens with zero attached hydrogens (tertiary/aromatic N) is 3. The van der Waals surface area contributed by atoms with Crippen LogP contribution in [0.25, 0.3) is 0 Å². The first-order valence-electron chi connectivity index (χ1n) is 7.84. The number of aryl methyl sites for hydroxylation is 1. The van der Waals surface area contributed by atoms with Crippen LogP contribution in [0.15, 0.2) is 12.1 Å². The molecule has 2 heterocycles. The van der Waals surface area contributed by atoms with Crippen LogP contribution in [0.4, 0.5) is 5.82 Å². The molecule has 1 N–H and O–H groups in total. The zero-order valence-electron chi connectivity index (χ0n) is 12.9. The number of nitrogens with one attached hydrogen (secondary N) is 1. The van der Waals surface area contributed by atoms with Gasteiger partial charge in [0.25, 0.3) is 5.91 Å². The topological polar surface area (TPSA) is 48.5 Å². The van der Waals surface area contributed by atoms with Gasteiger partial charge in [-0.05, 0) is 37.8 Å². The number of piperazine rings is 1. The molecule has 2 aliphatic rings. The van der Waals surface area contributed by atoms with Gasteiger partial charge in [-0.1, -0.05) is 0 Å². The average Bonchev–Trinajstić information content (AvgIpc) is 3.30. The number of hydrogen-bond donors (Lipinski definition) is 1. The van der Waals surface area contributed by atoms with E-state index in [0.717, 1.165) is 49.2 Å². The maximum Gasteiger partial charge on any atom is 0.254 e. The molecule has 0 atom stereocenters. The zero-order valence-corrected chi connectivity index (χ0v) is 12.9. The van der Waals surface area contributed by atoms with Crippen molar-refractivity contribution in [1.29, 1.82) is 0 Å². The highest BCUT2D eigenvalue weighted by molar-refractivity contribution is 5.95. The number of rotatable bonds is 4. The van der Waals surface area contributed by atoms with Crippen LogP contribution >= 0.6 is 0 Å². The van der Waals surface area contributed by atoms with Gasteiger partial charge in [0.2, 0.25) is 0 Å². The van der Waals surface area contributed by atoms with Gasteiger partial charge in [-0.15, -0.1) is 0 Å². The molecule has 1 amide bonds. The van der Waals surface area contributed by atoms with E-state index >= 15 is 0 Å². The summed E-state index contributed by atoms with van der Waals surface area (Å²) in [6, 6.07) is 3.71. The third-order valence-electron chi connectivity index (χ3n) is 4.33. The fourth-order valence-corrected chi connectivity index (χ4v) is 2.90. The largest absolute Gasteiger partial charge is 0.373 e.